The molecule has 0 aliphatic carbocycles. The zero-order valence-electron chi connectivity index (χ0n) is 11.7. The fraction of sp³-hybridized carbons (Fsp3) is 0.667. The maximum Gasteiger partial charge on any atom is 0.335 e. The van der Waals surface area contributed by atoms with Gasteiger partial charge in [-0.15, -0.1) is 6.58 Å². The molecule has 0 aliphatic heterocycles. The maximum absolute atomic E-state index is 11.8. The van der Waals surface area contributed by atoms with Gasteiger partial charge in [0, 0.05) is 5.57 Å². The summed E-state index contributed by atoms with van der Waals surface area (Å²) in [7, 11) is 0. The third-order valence-corrected chi connectivity index (χ3v) is 2.52. The fourth-order valence-electron chi connectivity index (χ4n) is 1.60. The topological polar surface area (TPSA) is 35.5 Å². The highest BCUT2D eigenvalue weighted by Crippen LogP contribution is 2.12. The number of esters is 1. The van der Waals surface area contributed by atoms with E-state index < -0.39 is 0 Å². The van der Waals surface area contributed by atoms with Crippen LogP contribution in [0.15, 0.2) is 24.3 Å². The molecule has 0 aromatic rings. The van der Waals surface area contributed by atoms with Crippen molar-refractivity contribution in [3.63, 3.8) is 0 Å². The minimum atomic E-state index is -0.252. The van der Waals surface area contributed by atoms with Crippen molar-refractivity contribution in [2.75, 3.05) is 13.4 Å². The van der Waals surface area contributed by atoms with E-state index in [-0.39, 0.29) is 12.8 Å². The summed E-state index contributed by atoms with van der Waals surface area (Å²) >= 11 is 0. The van der Waals surface area contributed by atoms with Gasteiger partial charge in [0.15, 0.2) is 6.79 Å². The standard InChI is InChI=1S/C15H26O3/c1-4-7-8-9-11-14(10-5-2)15(16)18-13-17-12-6-3/h6,10H,3-5,7-9,11-13H2,1-2H3/b14-10+. The normalized spacial score (nSPS) is 11.3. The Bertz CT molecular complexity index is 256. The van der Waals surface area contributed by atoms with Crippen molar-refractivity contribution in [1.82, 2.24) is 0 Å². The number of allylic oxidation sites excluding steroid dienone is 1. The highest BCUT2D eigenvalue weighted by Gasteiger charge is 2.09. The van der Waals surface area contributed by atoms with E-state index in [0.29, 0.717) is 6.61 Å². The van der Waals surface area contributed by atoms with Crippen molar-refractivity contribution in [3.8, 4) is 0 Å². The summed E-state index contributed by atoms with van der Waals surface area (Å²) in [5.41, 5.74) is 0.774. The molecule has 0 aliphatic rings. The molecule has 0 radical (unpaired) electrons. The van der Waals surface area contributed by atoms with Crippen molar-refractivity contribution >= 4 is 5.97 Å². The van der Waals surface area contributed by atoms with E-state index >= 15 is 0 Å². The van der Waals surface area contributed by atoms with Crippen LogP contribution in [0, 0.1) is 0 Å². The molecule has 0 aromatic heterocycles. The predicted octanol–water partition coefficient (Wildman–Crippen LogP) is 4.00. The number of hydrogen-bond acceptors (Lipinski definition) is 3. The Balaban J connectivity index is 3.95. The second-order valence-electron chi connectivity index (χ2n) is 4.16. The maximum atomic E-state index is 11.8. The first-order valence-electron chi connectivity index (χ1n) is 6.81. The van der Waals surface area contributed by atoms with Gasteiger partial charge < -0.3 is 9.47 Å². The molecule has 3 nitrogen and oxygen atoms in total. The minimum Gasteiger partial charge on any atom is -0.435 e. The van der Waals surface area contributed by atoms with Crippen LogP contribution in [0.4, 0.5) is 0 Å². The molecule has 0 saturated heterocycles. The molecule has 0 spiro atoms. The monoisotopic (exact) mass is 254 g/mol. The smallest absolute Gasteiger partial charge is 0.335 e. The van der Waals surface area contributed by atoms with Gasteiger partial charge in [-0.3, -0.25) is 0 Å². The first-order chi connectivity index (χ1) is 8.76. The Morgan fingerprint density at radius 3 is 2.61 bits per heavy atom. The van der Waals surface area contributed by atoms with Gasteiger partial charge in [0.1, 0.15) is 0 Å². The quantitative estimate of drug-likeness (QED) is 0.184. The van der Waals surface area contributed by atoms with E-state index in [4.69, 9.17) is 9.47 Å². The van der Waals surface area contributed by atoms with E-state index in [2.05, 4.69) is 13.5 Å². The molecular weight excluding hydrogens is 228 g/mol. The van der Waals surface area contributed by atoms with Gasteiger partial charge in [0.25, 0.3) is 0 Å². The molecule has 0 heterocycles. The molecule has 0 amide bonds. The van der Waals surface area contributed by atoms with Gasteiger partial charge in [0.05, 0.1) is 6.61 Å². The summed E-state index contributed by atoms with van der Waals surface area (Å²) < 4.78 is 10.1. The van der Waals surface area contributed by atoms with Crippen LogP contribution in [0.1, 0.15) is 52.4 Å². The summed E-state index contributed by atoms with van der Waals surface area (Å²) in [6.07, 6.45) is 9.85. The number of carbonyl (C=O) groups excluding carboxylic acids is 1. The molecule has 0 bridgehead atoms. The van der Waals surface area contributed by atoms with Gasteiger partial charge in [-0.05, 0) is 19.3 Å². The summed E-state index contributed by atoms with van der Waals surface area (Å²) in [6, 6.07) is 0. The molecule has 3 heteroatoms. The lowest BCUT2D eigenvalue weighted by Gasteiger charge is -2.08. The minimum absolute atomic E-state index is 0.000861. The average molecular weight is 254 g/mol. The summed E-state index contributed by atoms with van der Waals surface area (Å²) in [5.74, 6) is -0.252. The van der Waals surface area contributed by atoms with Crippen LogP contribution < -0.4 is 0 Å². The second-order valence-corrected chi connectivity index (χ2v) is 4.16. The van der Waals surface area contributed by atoms with Gasteiger partial charge in [-0.1, -0.05) is 45.3 Å². The number of rotatable bonds is 11. The lowest BCUT2D eigenvalue weighted by Crippen LogP contribution is -2.11. The van der Waals surface area contributed by atoms with Crippen LogP contribution in [0.25, 0.3) is 0 Å². The van der Waals surface area contributed by atoms with Crippen LogP contribution in [-0.2, 0) is 14.3 Å². The number of unbranched alkanes of at least 4 members (excludes halogenated alkanes) is 3. The van der Waals surface area contributed by atoms with Crippen molar-refractivity contribution in [2.45, 2.75) is 52.4 Å². The van der Waals surface area contributed by atoms with Crippen LogP contribution in [0.3, 0.4) is 0 Å². The van der Waals surface area contributed by atoms with Crippen molar-refractivity contribution in [3.05, 3.63) is 24.3 Å². The third kappa shape index (κ3) is 8.99. The molecule has 18 heavy (non-hydrogen) atoms. The Morgan fingerprint density at radius 1 is 1.22 bits per heavy atom. The van der Waals surface area contributed by atoms with Gasteiger partial charge in [0.2, 0.25) is 0 Å². The Hall–Kier alpha value is -1.09. The van der Waals surface area contributed by atoms with Crippen LogP contribution in [0.5, 0.6) is 0 Å². The van der Waals surface area contributed by atoms with Crippen LogP contribution in [0.2, 0.25) is 0 Å². The van der Waals surface area contributed by atoms with Gasteiger partial charge >= 0.3 is 5.97 Å². The molecule has 0 fully saturated rings. The third-order valence-electron chi connectivity index (χ3n) is 2.52. The second kappa shape index (κ2) is 12.4. The van der Waals surface area contributed by atoms with Crippen molar-refractivity contribution in [1.29, 1.82) is 0 Å². The lowest BCUT2D eigenvalue weighted by atomic mass is 10.1. The first kappa shape index (κ1) is 16.9. The number of hydrogen-bond donors (Lipinski definition) is 0. The average Bonchev–Trinajstić information content (AvgIpc) is 2.38. The summed E-state index contributed by atoms with van der Waals surface area (Å²) in [4.78, 5) is 11.8. The van der Waals surface area contributed by atoms with Crippen LogP contribution in [-0.4, -0.2) is 19.4 Å². The lowest BCUT2D eigenvalue weighted by molar-refractivity contribution is -0.150. The van der Waals surface area contributed by atoms with Gasteiger partial charge in [-0.25, -0.2) is 4.79 Å². The molecule has 0 rings (SSSR count). The summed E-state index contributed by atoms with van der Waals surface area (Å²) in [6.45, 7) is 8.12. The molecule has 0 saturated carbocycles. The van der Waals surface area contributed by atoms with E-state index in [1.54, 1.807) is 6.08 Å². The van der Waals surface area contributed by atoms with Crippen LogP contribution >= 0.6 is 0 Å². The first-order valence-corrected chi connectivity index (χ1v) is 6.81. The molecule has 104 valence electrons. The Kier molecular flexibility index (Phi) is 11.6. The fourth-order valence-corrected chi connectivity index (χ4v) is 1.60. The van der Waals surface area contributed by atoms with Crippen molar-refractivity contribution < 1.29 is 14.3 Å². The molecule has 0 unspecified atom stereocenters. The van der Waals surface area contributed by atoms with E-state index in [9.17, 15) is 4.79 Å². The van der Waals surface area contributed by atoms with Crippen molar-refractivity contribution in [2.24, 2.45) is 0 Å². The Morgan fingerprint density at radius 2 is 2.00 bits per heavy atom. The zero-order valence-corrected chi connectivity index (χ0v) is 11.7. The Labute approximate surface area is 111 Å². The predicted molar refractivity (Wildman–Crippen MR) is 74.2 cm³/mol. The number of carbonyl (C=O) groups is 1. The van der Waals surface area contributed by atoms with E-state index in [1.807, 2.05) is 13.0 Å². The largest absolute Gasteiger partial charge is 0.435 e. The number of ether oxygens (including phenoxy) is 2. The molecule has 0 N–H and O–H groups in total. The highest BCUT2D eigenvalue weighted by molar-refractivity contribution is 5.88. The van der Waals surface area contributed by atoms with E-state index in [1.165, 1.54) is 12.8 Å². The van der Waals surface area contributed by atoms with E-state index in [0.717, 1.165) is 31.3 Å². The molecule has 0 atom stereocenters. The molecule has 0 aromatic carbocycles. The zero-order chi connectivity index (χ0) is 13.6. The highest BCUT2D eigenvalue weighted by atomic mass is 16.7. The SMILES string of the molecule is C=CCOCOC(=O)/C(=C/CC)CCCCCC. The molecular formula is C15H26O3. The summed E-state index contributed by atoms with van der Waals surface area (Å²) in [5, 5.41) is 0. The van der Waals surface area contributed by atoms with Gasteiger partial charge in [-0.2, -0.15) is 0 Å².